The summed E-state index contributed by atoms with van der Waals surface area (Å²) >= 11 is 5.75. The molecule has 0 saturated carbocycles. The number of hydrogen-bond donors (Lipinski definition) is 2. The van der Waals surface area contributed by atoms with Gasteiger partial charge in [-0.05, 0) is 51.1 Å². The average molecular weight is 336 g/mol. The number of hydrogen-bond acceptors (Lipinski definition) is 4. The topological polar surface area (TPSA) is 73.9 Å². The number of nitrogens with zero attached hydrogens (tertiary/aromatic N) is 3. The molecule has 0 spiro atoms. The monoisotopic (exact) mass is 335 g/mol. The predicted octanol–water partition coefficient (Wildman–Crippen LogP) is 2.96. The summed E-state index contributed by atoms with van der Waals surface area (Å²) in [6.07, 6.45) is 8.61. The maximum atomic E-state index is 12.1. The van der Waals surface area contributed by atoms with E-state index in [1.54, 1.807) is 24.5 Å². The first-order valence-electron chi connectivity index (χ1n) is 7.77. The Bertz CT molecular complexity index is 549. The van der Waals surface area contributed by atoms with Gasteiger partial charge in [-0.3, -0.25) is 14.8 Å². The zero-order valence-electron chi connectivity index (χ0n) is 13.2. The molecule has 2 N–H and O–H groups in total. The number of piperidine rings is 1. The van der Waals surface area contributed by atoms with Gasteiger partial charge in [0.15, 0.2) is 0 Å². The Labute approximate surface area is 141 Å². The van der Waals surface area contributed by atoms with Crippen molar-refractivity contribution in [1.29, 1.82) is 0 Å². The van der Waals surface area contributed by atoms with E-state index in [0.717, 1.165) is 13.1 Å². The molecule has 1 saturated heterocycles. The number of rotatable bonds is 3. The number of amides is 1. The molecule has 1 fully saturated rings. The summed E-state index contributed by atoms with van der Waals surface area (Å²) in [6.45, 7) is 3.95. The molecular formula is C16H22ClN5O. The van der Waals surface area contributed by atoms with Gasteiger partial charge in [0.2, 0.25) is 5.91 Å². The molecule has 0 radical (unpaired) electrons. The van der Waals surface area contributed by atoms with E-state index in [1.165, 1.54) is 25.5 Å². The van der Waals surface area contributed by atoms with Crippen LogP contribution in [0.25, 0.3) is 0 Å². The molecule has 0 aromatic carbocycles. The first kappa shape index (κ1) is 17.4. The Morgan fingerprint density at radius 1 is 1.35 bits per heavy atom. The Balaban J connectivity index is 0.000000326. The van der Waals surface area contributed by atoms with Crippen LogP contribution in [0.15, 0.2) is 36.8 Å². The van der Waals surface area contributed by atoms with Crippen molar-refractivity contribution in [2.45, 2.75) is 32.2 Å². The molecule has 3 rings (SSSR count). The van der Waals surface area contributed by atoms with Crippen molar-refractivity contribution in [2.75, 3.05) is 18.4 Å². The van der Waals surface area contributed by atoms with E-state index in [2.05, 4.69) is 25.4 Å². The molecule has 1 atom stereocenters. The lowest BCUT2D eigenvalue weighted by atomic mass is 10.1. The van der Waals surface area contributed by atoms with Crippen LogP contribution < -0.4 is 5.32 Å². The minimum atomic E-state index is -0.109. The summed E-state index contributed by atoms with van der Waals surface area (Å²) < 4.78 is 0. The summed E-state index contributed by atoms with van der Waals surface area (Å²) in [6, 6.07) is 5.15. The summed E-state index contributed by atoms with van der Waals surface area (Å²) in [5.74, 6) is 0.542. The zero-order valence-corrected chi connectivity index (χ0v) is 14.0. The van der Waals surface area contributed by atoms with Crippen molar-refractivity contribution >= 4 is 23.3 Å². The van der Waals surface area contributed by atoms with Gasteiger partial charge >= 0.3 is 0 Å². The third-order valence-electron chi connectivity index (χ3n) is 3.70. The van der Waals surface area contributed by atoms with Gasteiger partial charge in [0, 0.05) is 18.6 Å². The minimum Gasteiger partial charge on any atom is -0.309 e. The smallest absolute Gasteiger partial charge is 0.242 e. The van der Waals surface area contributed by atoms with Crippen molar-refractivity contribution in [3.8, 4) is 0 Å². The molecule has 3 heterocycles. The molecule has 124 valence electrons. The number of aromatic nitrogens is 3. The maximum Gasteiger partial charge on any atom is 0.242 e. The lowest BCUT2D eigenvalue weighted by Gasteiger charge is -2.31. The Morgan fingerprint density at radius 2 is 2.13 bits per heavy atom. The van der Waals surface area contributed by atoms with E-state index in [9.17, 15) is 4.79 Å². The van der Waals surface area contributed by atoms with Crippen molar-refractivity contribution in [3.05, 3.63) is 41.8 Å². The standard InChI is InChI=1S/C13H18ClN3O.C3H4N2/c1-10(17-7-3-2-4-8-17)13(18)16-12-6-5-11(14)9-15-12;1-2-4-5-3-1/h5-6,9-10H,2-4,7-8H2,1H3,(H,15,16,18);1-3H,(H,4,5). The molecular weight excluding hydrogens is 314 g/mol. The molecule has 2 aromatic rings. The zero-order chi connectivity index (χ0) is 16.5. The quantitative estimate of drug-likeness (QED) is 0.904. The van der Waals surface area contributed by atoms with Crippen LogP contribution in [0.1, 0.15) is 26.2 Å². The molecule has 7 heteroatoms. The minimum absolute atomic E-state index is 0.00766. The van der Waals surface area contributed by atoms with E-state index in [1.807, 2.05) is 13.0 Å². The molecule has 6 nitrogen and oxygen atoms in total. The summed E-state index contributed by atoms with van der Waals surface area (Å²) in [5.41, 5.74) is 0. The van der Waals surface area contributed by atoms with Crippen molar-refractivity contribution in [1.82, 2.24) is 20.1 Å². The third kappa shape index (κ3) is 6.00. The highest BCUT2D eigenvalue weighted by Gasteiger charge is 2.22. The molecule has 2 aromatic heterocycles. The van der Waals surface area contributed by atoms with Gasteiger partial charge in [-0.25, -0.2) is 4.98 Å². The number of pyridine rings is 1. The van der Waals surface area contributed by atoms with Crippen LogP contribution in [0.2, 0.25) is 5.02 Å². The van der Waals surface area contributed by atoms with Crippen LogP contribution >= 0.6 is 11.6 Å². The fourth-order valence-corrected chi connectivity index (χ4v) is 2.48. The number of likely N-dealkylation sites (tertiary alicyclic amines) is 1. The van der Waals surface area contributed by atoms with Crippen LogP contribution in [-0.4, -0.2) is 45.1 Å². The lowest BCUT2D eigenvalue weighted by Crippen LogP contribution is -2.44. The first-order chi connectivity index (χ1) is 11.2. The number of halogens is 1. The Hall–Kier alpha value is -1.92. The van der Waals surface area contributed by atoms with Crippen LogP contribution in [0.4, 0.5) is 5.82 Å². The van der Waals surface area contributed by atoms with Crippen LogP contribution in [-0.2, 0) is 4.79 Å². The second kappa shape index (κ2) is 9.27. The first-order valence-corrected chi connectivity index (χ1v) is 8.15. The van der Waals surface area contributed by atoms with E-state index in [-0.39, 0.29) is 11.9 Å². The Kier molecular flexibility index (Phi) is 7.03. The lowest BCUT2D eigenvalue weighted by molar-refractivity contribution is -0.121. The van der Waals surface area contributed by atoms with Gasteiger partial charge in [-0.1, -0.05) is 18.0 Å². The van der Waals surface area contributed by atoms with Gasteiger partial charge in [-0.2, -0.15) is 5.10 Å². The van der Waals surface area contributed by atoms with Gasteiger partial charge in [0.25, 0.3) is 0 Å². The molecule has 1 amide bonds. The number of carbonyl (C=O) groups is 1. The highest BCUT2D eigenvalue weighted by atomic mass is 35.5. The normalized spacial score (nSPS) is 16.1. The second-order valence-corrected chi connectivity index (χ2v) is 5.83. The number of aromatic amines is 1. The van der Waals surface area contributed by atoms with Crippen molar-refractivity contribution in [3.63, 3.8) is 0 Å². The third-order valence-corrected chi connectivity index (χ3v) is 3.93. The van der Waals surface area contributed by atoms with Crippen LogP contribution in [0.3, 0.4) is 0 Å². The van der Waals surface area contributed by atoms with Crippen LogP contribution in [0.5, 0.6) is 0 Å². The fraction of sp³-hybridized carbons (Fsp3) is 0.438. The van der Waals surface area contributed by atoms with E-state index in [4.69, 9.17) is 11.6 Å². The summed E-state index contributed by atoms with van der Waals surface area (Å²) in [4.78, 5) is 18.4. The van der Waals surface area contributed by atoms with Gasteiger partial charge in [0.05, 0.1) is 11.1 Å². The molecule has 0 bridgehead atoms. The largest absolute Gasteiger partial charge is 0.309 e. The maximum absolute atomic E-state index is 12.1. The fourth-order valence-electron chi connectivity index (χ4n) is 2.37. The predicted molar refractivity (Wildman–Crippen MR) is 91.4 cm³/mol. The SMILES string of the molecule is CC(C(=O)Nc1ccc(Cl)cn1)N1CCCCC1.c1cn[nH]c1. The van der Waals surface area contributed by atoms with Crippen LogP contribution in [0, 0.1) is 0 Å². The van der Waals surface area contributed by atoms with Crippen molar-refractivity contribution < 1.29 is 4.79 Å². The highest BCUT2D eigenvalue weighted by molar-refractivity contribution is 6.30. The summed E-state index contributed by atoms with van der Waals surface area (Å²) in [7, 11) is 0. The second-order valence-electron chi connectivity index (χ2n) is 5.39. The van der Waals surface area contributed by atoms with Crippen molar-refractivity contribution in [2.24, 2.45) is 0 Å². The van der Waals surface area contributed by atoms with Gasteiger partial charge in [-0.15, -0.1) is 0 Å². The summed E-state index contributed by atoms with van der Waals surface area (Å²) in [5, 5.41) is 9.59. The van der Waals surface area contributed by atoms with Gasteiger partial charge < -0.3 is 5.32 Å². The molecule has 23 heavy (non-hydrogen) atoms. The highest BCUT2D eigenvalue weighted by Crippen LogP contribution is 2.14. The molecule has 1 aliphatic rings. The van der Waals surface area contributed by atoms with Gasteiger partial charge in [0.1, 0.15) is 5.82 Å². The molecule has 1 aliphatic heterocycles. The number of carbonyl (C=O) groups excluding carboxylic acids is 1. The molecule has 1 unspecified atom stereocenters. The Morgan fingerprint density at radius 3 is 2.65 bits per heavy atom. The number of anilines is 1. The van der Waals surface area contributed by atoms with E-state index >= 15 is 0 Å². The van der Waals surface area contributed by atoms with E-state index in [0.29, 0.717) is 10.8 Å². The molecule has 0 aliphatic carbocycles. The number of H-pyrrole nitrogens is 1. The number of nitrogens with one attached hydrogen (secondary N) is 2. The van der Waals surface area contributed by atoms with E-state index < -0.39 is 0 Å². The average Bonchev–Trinajstić information content (AvgIpc) is 3.17.